The van der Waals surface area contributed by atoms with Gasteiger partial charge in [0, 0.05) is 12.1 Å². The van der Waals surface area contributed by atoms with Gasteiger partial charge in [-0.1, -0.05) is 30.3 Å². The van der Waals surface area contributed by atoms with Crippen LogP contribution in [0.15, 0.2) is 30.3 Å². The maximum absolute atomic E-state index is 10.9. The summed E-state index contributed by atoms with van der Waals surface area (Å²) in [6.45, 7) is 12.5. The molecule has 0 amide bonds. The Balaban J connectivity index is 3.04. The van der Waals surface area contributed by atoms with Crippen LogP contribution < -0.4 is 10.9 Å². The lowest BCUT2D eigenvalue weighted by atomic mass is 10.1. The summed E-state index contributed by atoms with van der Waals surface area (Å²) < 4.78 is 0. The lowest BCUT2D eigenvalue weighted by molar-refractivity contribution is -0.135. The van der Waals surface area contributed by atoms with Gasteiger partial charge < -0.3 is 0 Å². The van der Waals surface area contributed by atoms with Gasteiger partial charge >= 0.3 is 0 Å². The first kappa shape index (κ1) is 19.8. The second-order valence-electron chi connectivity index (χ2n) is 7.24. The second-order valence-corrected chi connectivity index (χ2v) is 8.00. The molecular weight excluding hydrogens is 310 g/mol. The van der Waals surface area contributed by atoms with E-state index in [2.05, 4.69) is 10.9 Å². The topological polar surface area (TPSA) is 53.6 Å². The molecule has 2 N–H and O–H groups in total. The summed E-state index contributed by atoms with van der Waals surface area (Å²) in [5, 5.41) is 7.62. The third-order valence-corrected chi connectivity index (χ3v) is 3.11. The Bertz CT molecular complexity index is 578. The molecule has 0 saturated heterocycles. The van der Waals surface area contributed by atoms with Gasteiger partial charge in [-0.15, -0.1) is 5.59 Å². The van der Waals surface area contributed by atoms with Crippen LogP contribution in [0.3, 0.4) is 0 Å². The first-order valence-electron chi connectivity index (χ1n) is 7.55. The molecule has 23 heavy (non-hydrogen) atoms. The number of hydrazine groups is 1. The van der Waals surface area contributed by atoms with Crippen molar-refractivity contribution in [1.82, 2.24) is 15.9 Å². The van der Waals surface area contributed by atoms with E-state index in [0.29, 0.717) is 11.7 Å². The van der Waals surface area contributed by atoms with E-state index in [1.54, 1.807) is 5.01 Å². The van der Waals surface area contributed by atoms with Gasteiger partial charge in [-0.25, -0.2) is 4.79 Å². The van der Waals surface area contributed by atoms with Crippen molar-refractivity contribution in [3.63, 3.8) is 0 Å². The summed E-state index contributed by atoms with van der Waals surface area (Å²) in [6, 6.07) is 9.98. The van der Waals surface area contributed by atoms with Crippen LogP contribution in [0.1, 0.15) is 47.1 Å². The van der Waals surface area contributed by atoms with Gasteiger partial charge in [0.05, 0.1) is 5.60 Å². The van der Waals surface area contributed by atoms with E-state index in [-0.39, 0.29) is 11.1 Å². The zero-order valence-corrected chi connectivity index (χ0v) is 15.6. The highest BCUT2D eigenvalue weighted by atomic mass is 32.1. The van der Waals surface area contributed by atoms with E-state index in [0.717, 1.165) is 16.5 Å². The zero-order valence-electron chi connectivity index (χ0n) is 14.8. The summed E-state index contributed by atoms with van der Waals surface area (Å²) in [6.07, 6.45) is 0. The number of hydrogen-bond donors (Lipinski definition) is 2. The first-order valence-corrected chi connectivity index (χ1v) is 8.36. The third-order valence-electron chi connectivity index (χ3n) is 2.51. The highest BCUT2D eigenvalue weighted by molar-refractivity contribution is 7.96. The Kier molecular flexibility index (Phi) is 7.35. The van der Waals surface area contributed by atoms with Crippen molar-refractivity contribution in [3.8, 4) is 0 Å². The molecule has 128 valence electrons. The van der Waals surface area contributed by atoms with Crippen molar-refractivity contribution in [3.05, 3.63) is 35.9 Å². The smallest absolute Gasteiger partial charge is 0.193 e. The molecule has 0 atom stereocenters. The minimum absolute atomic E-state index is 0.197. The fraction of sp³-hybridized carbons (Fsp3) is 0.529. The monoisotopic (exact) mass is 337 g/mol. The number of carbonyl (C=O) groups excluding carboxylic acids is 1. The molecule has 5 nitrogen and oxygen atoms in total. The van der Waals surface area contributed by atoms with E-state index in [9.17, 15) is 4.79 Å². The predicted molar refractivity (Wildman–Crippen MR) is 97.1 cm³/mol. The highest BCUT2D eigenvalue weighted by Gasteiger charge is 2.21. The van der Waals surface area contributed by atoms with Gasteiger partial charge in [0.1, 0.15) is 5.11 Å². The summed E-state index contributed by atoms with van der Waals surface area (Å²) >= 11 is 0. The fourth-order valence-corrected chi connectivity index (χ4v) is 2.26. The van der Waals surface area contributed by atoms with Crippen LogP contribution >= 0.6 is 10.9 Å². The van der Waals surface area contributed by atoms with Crippen LogP contribution in [-0.4, -0.2) is 26.5 Å². The molecule has 1 aromatic carbocycles. The zero-order chi connectivity index (χ0) is 17.5. The van der Waals surface area contributed by atoms with Gasteiger partial charge in [0.15, 0.2) is 5.23 Å². The Morgan fingerprint density at radius 2 is 1.78 bits per heavy atom. The van der Waals surface area contributed by atoms with Crippen LogP contribution in [0.2, 0.25) is 0 Å². The average molecular weight is 337 g/mol. The Morgan fingerprint density at radius 3 is 2.26 bits per heavy atom. The fourth-order valence-electron chi connectivity index (χ4n) is 1.61. The first-order chi connectivity index (χ1) is 10.6. The van der Waals surface area contributed by atoms with Crippen LogP contribution in [0.5, 0.6) is 0 Å². The number of hydrogen-bond acceptors (Lipinski definition) is 3. The molecule has 0 spiro atoms. The molecule has 0 saturated carbocycles. The summed E-state index contributed by atoms with van der Waals surface area (Å²) in [5.41, 5.74) is 3.48. The van der Waals surface area contributed by atoms with Gasteiger partial charge in [-0.2, -0.15) is 5.01 Å². The Labute approximate surface area is 142 Å². The number of nitrogens with one attached hydrogen (secondary N) is 2. The summed E-state index contributed by atoms with van der Waals surface area (Å²) in [5.74, 6) is 0. The molecule has 0 heterocycles. The molecule has 0 bridgehead atoms. The van der Waals surface area contributed by atoms with Gasteiger partial charge in [-0.05, 0) is 58.0 Å². The van der Waals surface area contributed by atoms with Crippen LogP contribution in [0, 0.1) is 0 Å². The van der Waals surface area contributed by atoms with Crippen LogP contribution in [-0.2, 0) is 16.2 Å². The molecule has 1 aromatic rings. The molecule has 0 aliphatic rings. The largest absolute Gasteiger partial charge is 0.281 e. The van der Waals surface area contributed by atoms with Crippen molar-refractivity contribution < 1.29 is 9.63 Å². The van der Waals surface area contributed by atoms with Gasteiger partial charge in [-0.3, -0.25) is 10.2 Å². The standard InChI is InChI=1S/C17H27N3O2S/c1-16(2,3)18-15(23-13-21)20(19-22-17(4,5)6)12-14-10-8-7-9-11-14/h7-11,18-19H,12H2,1-6H3. The molecule has 0 radical (unpaired) electrons. The van der Waals surface area contributed by atoms with E-state index < -0.39 is 0 Å². The lowest BCUT2D eigenvalue weighted by Gasteiger charge is -2.31. The predicted octanol–water partition coefficient (Wildman–Crippen LogP) is 3.00. The molecule has 0 aliphatic heterocycles. The minimum Gasteiger partial charge on any atom is -0.281 e. The normalized spacial score (nSPS) is 12.1. The van der Waals surface area contributed by atoms with E-state index >= 15 is 0 Å². The molecule has 6 heteroatoms. The number of benzene rings is 1. The molecule has 0 aromatic heterocycles. The van der Waals surface area contributed by atoms with E-state index in [4.69, 9.17) is 4.84 Å². The molecule has 0 aliphatic carbocycles. The number of rotatable bonds is 4. The Morgan fingerprint density at radius 1 is 1.17 bits per heavy atom. The molecular formula is C17H27N3O2S. The van der Waals surface area contributed by atoms with Gasteiger partial charge in [0.2, 0.25) is 0 Å². The molecule has 0 unspecified atom stereocenters. The SMILES string of the molecule is CC(C)(C)NC(=S=C=O)N(Cc1ccccc1)NOC(C)(C)C. The number of nitrogens with zero attached hydrogens (tertiary/aromatic N) is 1. The van der Waals surface area contributed by atoms with Gasteiger partial charge in [0.25, 0.3) is 0 Å². The van der Waals surface area contributed by atoms with Crippen LogP contribution in [0.4, 0.5) is 0 Å². The molecule has 0 fully saturated rings. The Hall–Kier alpha value is -1.27. The summed E-state index contributed by atoms with van der Waals surface area (Å²) in [4.78, 5) is 16.6. The highest BCUT2D eigenvalue weighted by Crippen LogP contribution is 2.09. The van der Waals surface area contributed by atoms with Crippen molar-refractivity contribution in [2.24, 2.45) is 0 Å². The van der Waals surface area contributed by atoms with Crippen molar-refractivity contribution >= 4 is 21.3 Å². The maximum Gasteiger partial charge on any atom is 0.193 e. The average Bonchev–Trinajstić information content (AvgIpc) is 2.42. The maximum atomic E-state index is 10.9. The third kappa shape index (κ3) is 8.81. The minimum atomic E-state index is -0.364. The van der Waals surface area contributed by atoms with Crippen molar-refractivity contribution in [2.75, 3.05) is 0 Å². The van der Waals surface area contributed by atoms with E-state index in [1.807, 2.05) is 77.1 Å². The molecule has 1 rings (SSSR count). The van der Waals surface area contributed by atoms with Crippen LogP contribution in [0.25, 0.3) is 0 Å². The summed E-state index contributed by atoms with van der Waals surface area (Å²) in [7, 11) is 0.965. The van der Waals surface area contributed by atoms with Crippen molar-refractivity contribution in [1.29, 1.82) is 0 Å². The van der Waals surface area contributed by atoms with Crippen molar-refractivity contribution in [2.45, 2.75) is 59.2 Å². The second kappa shape index (κ2) is 8.55. The lowest BCUT2D eigenvalue weighted by Crippen LogP contribution is -2.54. The van der Waals surface area contributed by atoms with E-state index in [1.165, 1.54) is 0 Å². The quantitative estimate of drug-likeness (QED) is 0.653.